The van der Waals surface area contributed by atoms with E-state index in [4.69, 9.17) is 0 Å². The van der Waals surface area contributed by atoms with Gasteiger partial charge in [0.2, 0.25) is 5.91 Å². The summed E-state index contributed by atoms with van der Waals surface area (Å²) in [6, 6.07) is 7.45. The predicted molar refractivity (Wildman–Crippen MR) is 77.7 cm³/mol. The molecule has 0 saturated carbocycles. The number of carbonyl (C=O) groups is 1. The van der Waals surface area contributed by atoms with Gasteiger partial charge in [-0.3, -0.25) is 4.79 Å². The number of benzene rings is 1. The molecule has 0 atom stereocenters. The van der Waals surface area contributed by atoms with Crippen LogP contribution >= 0.6 is 0 Å². The Hall–Kier alpha value is -1.44. The lowest BCUT2D eigenvalue weighted by Gasteiger charge is -2.18. The Balaban J connectivity index is 1.97. The Kier molecular flexibility index (Phi) is 4.42. The second-order valence-corrected chi connectivity index (χ2v) is 6.55. The summed E-state index contributed by atoms with van der Waals surface area (Å²) in [6.45, 7) is 3.80. The molecule has 2 rings (SSSR count). The molecular formula is C13H19N3O3S. The van der Waals surface area contributed by atoms with Crippen molar-refractivity contribution in [1.29, 1.82) is 0 Å². The minimum absolute atomic E-state index is 0.213. The number of amides is 1. The van der Waals surface area contributed by atoms with Crippen molar-refractivity contribution in [2.75, 3.05) is 18.0 Å². The number of hydrogen-bond donors (Lipinski definition) is 2. The third-order valence-electron chi connectivity index (χ3n) is 2.99. The highest BCUT2D eigenvalue weighted by atomic mass is 32.2. The third-order valence-corrected chi connectivity index (χ3v) is 4.30. The summed E-state index contributed by atoms with van der Waals surface area (Å²) >= 11 is 0. The van der Waals surface area contributed by atoms with Crippen LogP contribution in [-0.4, -0.2) is 33.5 Å². The summed E-state index contributed by atoms with van der Waals surface area (Å²) in [7, 11) is -3.63. The van der Waals surface area contributed by atoms with Crippen molar-refractivity contribution < 1.29 is 13.2 Å². The van der Waals surface area contributed by atoms with E-state index in [0.717, 1.165) is 17.7 Å². The van der Waals surface area contributed by atoms with Crippen molar-refractivity contribution in [3.8, 4) is 0 Å². The summed E-state index contributed by atoms with van der Waals surface area (Å²) in [6.07, 6.45) is 0.804. The zero-order chi connectivity index (χ0) is 14.8. The normalized spacial score (nSPS) is 14.7. The highest BCUT2D eigenvalue weighted by Crippen LogP contribution is 2.27. The fourth-order valence-electron chi connectivity index (χ4n) is 2.20. The van der Waals surface area contributed by atoms with E-state index in [0.29, 0.717) is 6.54 Å². The van der Waals surface area contributed by atoms with Crippen molar-refractivity contribution in [2.24, 2.45) is 0 Å². The quantitative estimate of drug-likeness (QED) is 0.826. The molecule has 0 fully saturated rings. The van der Waals surface area contributed by atoms with Gasteiger partial charge in [-0.1, -0.05) is 18.2 Å². The van der Waals surface area contributed by atoms with Crippen molar-refractivity contribution in [2.45, 2.75) is 26.3 Å². The molecule has 0 radical (unpaired) electrons. The fraction of sp³-hybridized carbons (Fsp3) is 0.462. The van der Waals surface area contributed by atoms with Crippen molar-refractivity contribution in [3.05, 3.63) is 29.8 Å². The molecule has 1 aromatic rings. The van der Waals surface area contributed by atoms with Crippen LogP contribution in [0.5, 0.6) is 0 Å². The van der Waals surface area contributed by atoms with Crippen LogP contribution in [-0.2, 0) is 21.4 Å². The number of rotatable bonds is 5. The van der Waals surface area contributed by atoms with E-state index in [-0.39, 0.29) is 18.5 Å². The second-order valence-electron chi connectivity index (χ2n) is 5.02. The molecule has 6 nitrogen and oxygen atoms in total. The number of nitrogens with one attached hydrogen (secondary N) is 2. The molecule has 7 heteroatoms. The van der Waals surface area contributed by atoms with Gasteiger partial charge in [0.05, 0.1) is 6.54 Å². The van der Waals surface area contributed by atoms with E-state index in [9.17, 15) is 13.2 Å². The Morgan fingerprint density at radius 2 is 2.05 bits per heavy atom. The van der Waals surface area contributed by atoms with Gasteiger partial charge in [0.1, 0.15) is 0 Å². The number of para-hydroxylation sites is 1. The second kappa shape index (κ2) is 5.90. The monoisotopic (exact) mass is 297 g/mol. The first-order valence-electron chi connectivity index (χ1n) is 6.54. The van der Waals surface area contributed by atoms with Crippen LogP contribution in [0.3, 0.4) is 0 Å². The first-order valence-corrected chi connectivity index (χ1v) is 8.02. The van der Waals surface area contributed by atoms with Gasteiger partial charge < -0.3 is 4.90 Å². The van der Waals surface area contributed by atoms with E-state index < -0.39 is 10.2 Å². The molecule has 1 aliphatic rings. The molecule has 0 aliphatic carbocycles. The SMILES string of the molecule is CC(C)NS(=O)(=O)NCC(=O)N1CCc2ccccc21. The standard InChI is InChI=1S/C13H19N3O3S/c1-10(2)15-20(18,19)14-9-13(17)16-8-7-11-5-3-4-6-12(11)16/h3-6,10,14-15H,7-9H2,1-2H3. The lowest BCUT2D eigenvalue weighted by Crippen LogP contribution is -2.45. The average Bonchev–Trinajstić information content (AvgIpc) is 2.78. The molecule has 0 saturated heterocycles. The molecule has 1 aliphatic heterocycles. The first-order chi connectivity index (χ1) is 9.39. The van der Waals surface area contributed by atoms with Crippen LogP contribution in [0.1, 0.15) is 19.4 Å². The highest BCUT2D eigenvalue weighted by Gasteiger charge is 2.25. The third kappa shape index (κ3) is 3.56. The van der Waals surface area contributed by atoms with Gasteiger partial charge in [-0.05, 0) is 31.9 Å². The number of anilines is 1. The largest absolute Gasteiger partial charge is 0.311 e. The molecule has 0 aromatic heterocycles. The predicted octanol–water partition coefficient (Wildman–Crippen LogP) is 0.408. The van der Waals surface area contributed by atoms with E-state index >= 15 is 0 Å². The van der Waals surface area contributed by atoms with Crippen molar-refractivity contribution in [1.82, 2.24) is 9.44 Å². The van der Waals surface area contributed by atoms with Crippen molar-refractivity contribution >= 4 is 21.8 Å². The minimum atomic E-state index is -3.63. The Bertz CT molecular complexity index is 599. The maximum atomic E-state index is 12.1. The van der Waals surface area contributed by atoms with E-state index in [2.05, 4.69) is 9.44 Å². The molecule has 1 aromatic carbocycles. The molecule has 20 heavy (non-hydrogen) atoms. The number of hydrogen-bond acceptors (Lipinski definition) is 3. The molecule has 110 valence electrons. The summed E-state index contributed by atoms with van der Waals surface area (Å²) < 4.78 is 27.9. The summed E-state index contributed by atoms with van der Waals surface area (Å²) in [5.41, 5.74) is 1.98. The smallest absolute Gasteiger partial charge is 0.277 e. The zero-order valence-electron chi connectivity index (χ0n) is 11.6. The van der Waals surface area contributed by atoms with Crippen LogP contribution in [0.2, 0.25) is 0 Å². The molecule has 0 bridgehead atoms. The zero-order valence-corrected chi connectivity index (χ0v) is 12.4. The number of nitrogens with zero attached hydrogens (tertiary/aromatic N) is 1. The van der Waals surface area contributed by atoms with Crippen LogP contribution in [0, 0.1) is 0 Å². The van der Waals surface area contributed by atoms with Gasteiger partial charge in [-0.2, -0.15) is 17.9 Å². The number of fused-ring (bicyclic) bond motifs is 1. The summed E-state index contributed by atoms with van der Waals surface area (Å²) in [4.78, 5) is 13.7. The van der Waals surface area contributed by atoms with E-state index in [1.807, 2.05) is 24.3 Å². The topological polar surface area (TPSA) is 78.5 Å². The lowest BCUT2D eigenvalue weighted by atomic mass is 10.2. The Morgan fingerprint density at radius 3 is 2.75 bits per heavy atom. The lowest BCUT2D eigenvalue weighted by molar-refractivity contribution is -0.117. The van der Waals surface area contributed by atoms with Crippen molar-refractivity contribution in [3.63, 3.8) is 0 Å². The molecule has 1 amide bonds. The summed E-state index contributed by atoms with van der Waals surface area (Å²) in [5, 5.41) is 0. The van der Waals surface area contributed by atoms with Gasteiger partial charge in [-0.15, -0.1) is 0 Å². The molecule has 0 unspecified atom stereocenters. The number of carbonyl (C=O) groups excluding carboxylic acids is 1. The maximum Gasteiger partial charge on any atom is 0.277 e. The van der Waals surface area contributed by atoms with E-state index in [1.165, 1.54) is 0 Å². The molecular weight excluding hydrogens is 278 g/mol. The summed E-state index contributed by atoms with van der Waals surface area (Å²) in [5.74, 6) is -0.246. The average molecular weight is 297 g/mol. The minimum Gasteiger partial charge on any atom is -0.311 e. The Morgan fingerprint density at radius 1 is 1.35 bits per heavy atom. The molecule has 2 N–H and O–H groups in total. The highest BCUT2D eigenvalue weighted by molar-refractivity contribution is 7.87. The van der Waals surface area contributed by atoms with Gasteiger partial charge >= 0.3 is 0 Å². The van der Waals surface area contributed by atoms with E-state index in [1.54, 1.807) is 18.7 Å². The first kappa shape index (κ1) is 15.0. The van der Waals surface area contributed by atoms with Gasteiger partial charge in [-0.25, -0.2) is 0 Å². The molecule has 1 heterocycles. The van der Waals surface area contributed by atoms with Crippen LogP contribution < -0.4 is 14.3 Å². The molecule has 0 spiro atoms. The van der Waals surface area contributed by atoms with Crippen LogP contribution in [0.15, 0.2) is 24.3 Å². The maximum absolute atomic E-state index is 12.1. The van der Waals surface area contributed by atoms with Crippen LogP contribution in [0.4, 0.5) is 5.69 Å². The van der Waals surface area contributed by atoms with Crippen LogP contribution in [0.25, 0.3) is 0 Å². The van der Waals surface area contributed by atoms with Gasteiger partial charge in [0.15, 0.2) is 0 Å². The fourth-order valence-corrected chi connectivity index (χ4v) is 3.22. The van der Waals surface area contributed by atoms with Gasteiger partial charge in [0, 0.05) is 18.3 Å². The van der Waals surface area contributed by atoms with Gasteiger partial charge in [0.25, 0.3) is 10.2 Å². The Labute approximate surface area is 119 Å².